The number of hydrogen-bond acceptors (Lipinski definition) is 3. The molecule has 132 valence electrons. The van der Waals surface area contributed by atoms with Gasteiger partial charge in [0.05, 0.1) is 0 Å². The van der Waals surface area contributed by atoms with E-state index in [-0.39, 0.29) is 0 Å². The van der Waals surface area contributed by atoms with Crippen LogP contribution in [0.5, 0.6) is 0 Å². The number of aryl methyl sites for hydroxylation is 2. The summed E-state index contributed by atoms with van der Waals surface area (Å²) in [5, 5.41) is 0.686. The van der Waals surface area contributed by atoms with Gasteiger partial charge in [-0.2, -0.15) is 0 Å². The van der Waals surface area contributed by atoms with E-state index in [0.29, 0.717) is 22.5 Å². The fourth-order valence-corrected chi connectivity index (χ4v) is 3.18. The first kappa shape index (κ1) is 17.4. The first-order chi connectivity index (χ1) is 13.1. The lowest BCUT2D eigenvalue weighted by molar-refractivity contribution is 1.07. The lowest BCUT2D eigenvalue weighted by Crippen LogP contribution is -2.00. The molecule has 0 aliphatic carbocycles. The van der Waals surface area contributed by atoms with Gasteiger partial charge in [-0.3, -0.25) is 0 Å². The molecule has 0 fully saturated rings. The smallest absolute Gasteiger partial charge is 0.164 e. The Morgan fingerprint density at radius 1 is 0.556 bits per heavy atom. The van der Waals surface area contributed by atoms with Gasteiger partial charge in [-0.05, 0) is 50.2 Å². The van der Waals surface area contributed by atoms with E-state index in [9.17, 15) is 0 Å². The summed E-state index contributed by atoms with van der Waals surface area (Å²) in [6, 6.07) is 23.9. The first-order valence-corrected chi connectivity index (χ1v) is 9.12. The third-order valence-corrected chi connectivity index (χ3v) is 4.50. The van der Waals surface area contributed by atoms with E-state index in [4.69, 9.17) is 26.6 Å². The van der Waals surface area contributed by atoms with Crippen LogP contribution < -0.4 is 0 Å². The van der Waals surface area contributed by atoms with Crippen molar-refractivity contribution in [1.82, 2.24) is 15.0 Å². The van der Waals surface area contributed by atoms with E-state index in [0.717, 1.165) is 16.7 Å². The van der Waals surface area contributed by atoms with Gasteiger partial charge in [0.1, 0.15) is 0 Å². The second kappa shape index (κ2) is 7.29. The van der Waals surface area contributed by atoms with Crippen molar-refractivity contribution >= 4 is 11.6 Å². The second-order valence-corrected chi connectivity index (χ2v) is 6.99. The molecule has 4 rings (SSSR count). The molecule has 0 aliphatic heterocycles. The Kier molecular flexibility index (Phi) is 4.69. The van der Waals surface area contributed by atoms with Crippen LogP contribution in [0, 0.1) is 13.8 Å². The summed E-state index contributed by atoms with van der Waals surface area (Å²) in [4.78, 5) is 14.2. The van der Waals surface area contributed by atoms with Gasteiger partial charge in [0.25, 0.3) is 0 Å². The first-order valence-electron chi connectivity index (χ1n) is 8.74. The molecule has 0 radical (unpaired) electrons. The number of nitrogens with zero attached hydrogens (tertiary/aromatic N) is 3. The number of hydrogen-bond donors (Lipinski definition) is 0. The monoisotopic (exact) mass is 371 g/mol. The van der Waals surface area contributed by atoms with E-state index < -0.39 is 0 Å². The highest BCUT2D eigenvalue weighted by Crippen LogP contribution is 2.26. The van der Waals surface area contributed by atoms with Crippen LogP contribution in [0.4, 0.5) is 0 Å². The highest BCUT2D eigenvalue weighted by molar-refractivity contribution is 6.30. The van der Waals surface area contributed by atoms with Crippen LogP contribution in [0.1, 0.15) is 11.1 Å². The van der Waals surface area contributed by atoms with Crippen molar-refractivity contribution in [2.75, 3.05) is 0 Å². The summed E-state index contributed by atoms with van der Waals surface area (Å²) in [5.74, 6) is 1.96. The topological polar surface area (TPSA) is 38.7 Å². The van der Waals surface area contributed by atoms with Gasteiger partial charge >= 0.3 is 0 Å². The average Bonchev–Trinajstić information content (AvgIpc) is 2.68. The molecule has 1 aromatic heterocycles. The van der Waals surface area contributed by atoms with Crippen LogP contribution >= 0.6 is 11.6 Å². The SMILES string of the molecule is Cc1cc(C)cc(-c2nc(-c3ccccc3)nc(-c3ccc(Cl)cc3)n2)c1. The summed E-state index contributed by atoms with van der Waals surface area (Å²) < 4.78 is 0. The third kappa shape index (κ3) is 3.88. The Balaban J connectivity index is 1.92. The second-order valence-electron chi connectivity index (χ2n) is 6.56. The predicted octanol–water partition coefficient (Wildman–Crippen LogP) is 6.14. The molecule has 0 amide bonds. The van der Waals surface area contributed by atoms with Crippen LogP contribution in [0.2, 0.25) is 5.02 Å². The van der Waals surface area contributed by atoms with Gasteiger partial charge in [0.2, 0.25) is 0 Å². The van der Waals surface area contributed by atoms with E-state index in [1.807, 2.05) is 54.6 Å². The summed E-state index contributed by atoms with van der Waals surface area (Å²) in [6.45, 7) is 4.16. The largest absolute Gasteiger partial charge is 0.208 e. The van der Waals surface area contributed by atoms with Crippen LogP contribution in [0.25, 0.3) is 34.2 Å². The van der Waals surface area contributed by atoms with Gasteiger partial charge in [0.15, 0.2) is 17.5 Å². The molecular weight excluding hydrogens is 354 g/mol. The fraction of sp³-hybridized carbons (Fsp3) is 0.0870. The maximum atomic E-state index is 6.04. The van der Waals surface area contributed by atoms with Crippen molar-refractivity contribution in [2.24, 2.45) is 0 Å². The van der Waals surface area contributed by atoms with Crippen LogP contribution in [-0.4, -0.2) is 15.0 Å². The van der Waals surface area contributed by atoms with E-state index in [1.54, 1.807) is 0 Å². The molecule has 0 N–H and O–H groups in total. The quantitative estimate of drug-likeness (QED) is 0.434. The van der Waals surface area contributed by atoms with Crippen molar-refractivity contribution in [2.45, 2.75) is 13.8 Å². The Hall–Kier alpha value is -3.04. The molecule has 3 aromatic carbocycles. The number of aromatic nitrogens is 3. The van der Waals surface area contributed by atoms with Gasteiger partial charge in [-0.15, -0.1) is 0 Å². The standard InChI is InChI=1S/C23H18ClN3/c1-15-12-16(2)14-19(13-15)23-26-21(17-6-4-3-5-7-17)25-22(27-23)18-8-10-20(24)11-9-18/h3-14H,1-2H3. The minimum Gasteiger partial charge on any atom is -0.208 e. The Morgan fingerprint density at radius 2 is 1.04 bits per heavy atom. The molecule has 27 heavy (non-hydrogen) atoms. The van der Waals surface area contributed by atoms with Crippen molar-refractivity contribution in [1.29, 1.82) is 0 Å². The molecule has 0 saturated heterocycles. The molecule has 0 atom stereocenters. The number of halogens is 1. The molecule has 1 heterocycles. The van der Waals surface area contributed by atoms with Gasteiger partial charge in [0, 0.05) is 21.7 Å². The van der Waals surface area contributed by atoms with Gasteiger partial charge in [-0.1, -0.05) is 59.1 Å². The average molecular weight is 372 g/mol. The molecule has 0 saturated carbocycles. The maximum absolute atomic E-state index is 6.04. The molecule has 0 aliphatic rings. The summed E-state index contributed by atoms with van der Waals surface area (Å²) in [5.41, 5.74) is 5.21. The minimum atomic E-state index is 0.634. The highest BCUT2D eigenvalue weighted by atomic mass is 35.5. The Labute approximate surface area is 163 Å². The number of benzene rings is 3. The maximum Gasteiger partial charge on any atom is 0.164 e. The van der Waals surface area contributed by atoms with E-state index >= 15 is 0 Å². The van der Waals surface area contributed by atoms with Crippen LogP contribution in [-0.2, 0) is 0 Å². The van der Waals surface area contributed by atoms with E-state index in [2.05, 4.69) is 32.0 Å². The molecule has 4 aromatic rings. The highest BCUT2D eigenvalue weighted by Gasteiger charge is 2.12. The molecule has 4 heteroatoms. The molecule has 0 spiro atoms. The zero-order valence-electron chi connectivity index (χ0n) is 15.1. The van der Waals surface area contributed by atoms with Crippen LogP contribution in [0.15, 0.2) is 72.8 Å². The molecular formula is C23H18ClN3. The van der Waals surface area contributed by atoms with E-state index in [1.165, 1.54) is 11.1 Å². The zero-order chi connectivity index (χ0) is 18.8. The zero-order valence-corrected chi connectivity index (χ0v) is 15.9. The lowest BCUT2D eigenvalue weighted by atomic mass is 10.1. The summed E-state index contributed by atoms with van der Waals surface area (Å²) in [7, 11) is 0. The minimum absolute atomic E-state index is 0.634. The van der Waals surface area contributed by atoms with Crippen molar-refractivity contribution in [3.63, 3.8) is 0 Å². The van der Waals surface area contributed by atoms with Crippen molar-refractivity contribution < 1.29 is 0 Å². The predicted molar refractivity (Wildman–Crippen MR) is 111 cm³/mol. The third-order valence-electron chi connectivity index (χ3n) is 4.25. The van der Waals surface area contributed by atoms with Gasteiger partial charge < -0.3 is 0 Å². The summed E-state index contributed by atoms with van der Waals surface area (Å²) >= 11 is 6.04. The normalized spacial score (nSPS) is 10.8. The number of rotatable bonds is 3. The van der Waals surface area contributed by atoms with Crippen LogP contribution in [0.3, 0.4) is 0 Å². The summed E-state index contributed by atoms with van der Waals surface area (Å²) in [6.07, 6.45) is 0. The fourth-order valence-electron chi connectivity index (χ4n) is 3.05. The van der Waals surface area contributed by atoms with Gasteiger partial charge in [-0.25, -0.2) is 15.0 Å². The Bertz CT molecular complexity index is 1070. The molecule has 0 unspecified atom stereocenters. The van der Waals surface area contributed by atoms with Crippen molar-refractivity contribution in [3.05, 3.63) is 88.9 Å². The lowest BCUT2D eigenvalue weighted by Gasteiger charge is -2.09. The Morgan fingerprint density at radius 3 is 1.59 bits per heavy atom. The molecule has 3 nitrogen and oxygen atoms in total. The molecule has 0 bridgehead atoms. The van der Waals surface area contributed by atoms with Crippen molar-refractivity contribution in [3.8, 4) is 34.2 Å².